The average Bonchev–Trinajstić information content (AvgIpc) is 3.85. The Balaban J connectivity index is 1.01. The van der Waals surface area contributed by atoms with Gasteiger partial charge in [0.15, 0.2) is 17.5 Å². The van der Waals surface area contributed by atoms with Gasteiger partial charge in [-0.3, -0.25) is 0 Å². The summed E-state index contributed by atoms with van der Waals surface area (Å²) in [5.74, 6) is 1.80. The first-order valence-electron chi connectivity index (χ1n) is 18.7. The molecule has 262 valence electrons. The molecular weight excluding hydrogens is 687 g/mol. The SMILES string of the molecule is c1ccc(-c2cccc(-c3nc(-c4ccccc4)nc(-c4ccc5c(c4)oc4cccc(-c6cccc(-c7ccc8oc9ccccc9c8c7)c6)c45)n3)c2)cc1. The van der Waals surface area contributed by atoms with E-state index in [1.165, 1.54) is 0 Å². The summed E-state index contributed by atoms with van der Waals surface area (Å²) in [5, 5.41) is 4.34. The third kappa shape index (κ3) is 5.53. The highest BCUT2D eigenvalue weighted by Gasteiger charge is 2.18. The van der Waals surface area contributed by atoms with Crippen molar-refractivity contribution in [2.45, 2.75) is 0 Å². The van der Waals surface area contributed by atoms with E-state index in [0.29, 0.717) is 17.5 Å². The molecule has 8 aromatic carbocycles. The molecule has 11 rings (SSSR count). The third-order valence-electron chi connectivity index (χ3n) is 10.5. The van der Waals surface area contributed by atoms with E-state index < -0.39 is 0 Å². The zero-order chi connectivity index (χ0) is 37.0. The highest BCUT2D eigenvalue weighted by molar-refractivity contribution is 6.13. The fourth-order valence-electron chi connectivity index (χ4n) is 7.80. The monoisotopic (exact) mass is 717 g/mol. The summed E-state index contributed by atoms with van der Waals surface area (Å²) in [6.45, 7) is 0. The first-order chi connectivity index (χ1) is 27.7. The highest BCUT2D eigenvalue weighted by Crippen LogP contribution is 2.40. The Hall–Kier alpha value is -7.63. The Morgan fingerprint density at radius 3 is 1.59 bits per heavy atom. The fourth-order valence-corrected chi connectivity index (χ4v) is 7.80. The van der Waals surface area contributed by atoms with Crippen LogP contribution in [0.5, 0.6) is 0 Å². The van der Waals surface area contributed by atoms with E-state index >= 15 is 0 Å². The number of aromatic nitrogens is 3. The van der Waals surface area contributed by atoms with Crippen LogP contribution in [0.3, 0.4) is 0 Å². The topological polar surface area (TPSA) is 65.0 Å². The molecule has 0 fully saturated rings. The van der Waals surface area contributed by atoms with Crippen LogP contribution >= 0.6 is 0 Å². The lowest BCUT2D eigenvalue weighted by molar-refractivity contribution is 0.668. The number of nitrogens with zero attached hydrogens (tertiary/aromatic N) is 3. The number of fused-ring (bicyclic) bond motifs is 6. The molecule has 0 aliphatic rings. The Kier molecular flexibility index (Phi) is 7.42. The Bertz CT molecular complexity index is 3250. The van der Waals surface area contributed by atoms with Crippen LogP contribution in [0.4, 0.5) is 0 Å². The van der Waals surface area contributed by atoms with Crippen LogP contribution in [0.15, 0.2) is 197 Å². The van der Waals surface area contributed by atoms with Gasteiger partial charge in [-0.25, -0.2) is 15.0 Å². The van der Waals surface area contributed by atoms with Crippen molar-refractivity contribution in [2.24, 2.45) is 0 Å². The van der Waals surface area contributed by atoms with E-state index in [0.717, 1.165) is 93.9 Å². The van der Waals surface area contributed by atoms with Crippen LogP contribution in [0, 0.1) is 0 Å². The largest absolute Gasteiger partial charge is 0.456 e. The molecule has 0 amide bonds. The van der Waals surface area contributed by atoms with Crippen LogP contribution < -0.4 is 0 Å². The Morgan fingerprint density at radius 2 is 0.786 bits per heavy atom. The maximum atomic E-state index is 6.58. The lowest BCUT2D eigenvalue weighted by atomic mass is 9.95. The molecule has 5 heteroatoms. The summed E-state index contributed by atoms with van der Waals surface area (Å²) in [6, 6.07) is 64.6. The number of para-hydroxylation sites is 1. The van der Waals surface area contributed by atoms with Crippen molar-refractivity contribution >= 4 is 43.9 Å². The molecule has 0 spiro atoms. The van der Waals surface area contributed by atoms with Crippen LogP contribution in [0.1, 0.15) is 0 Å². The van der Waals surface area contributed by atoms with Crippen LogP contribution in [0.2, 0.25) is 0 Å². The zero-order valence-electron chi connectivity index (χ0n) is 30.1. The molecule has 0 saturated heterocycles. The molecule has 0 atom stereocenters. The zero-order valence-corrected chi connectivity index (χ0v) is 30.1. The summed E-state index contributed by atoms with van der Waals surface area (Å²) >= 11 is 0. The minimum Gasteiger partial charge on any atom is -0.456 e. The van der Waals surface area contributed by atoms with Crippen molar-refractivity contribution in [2.75, 3.05) is 0 Å². The summed E-state index contributed by atoms with van der Waals surface area (Å²) in [6.07, 6.45) is 0. The van der Waals surface area contributed by atoms with Crippen molar-refractivity contribution < 1.29 is 8.83 Å². The second-order valence-corrected chi connectivity index (χ2v) is 14.0. The summed E-state index contributed by atoms with van der Waals surface area (Å²) in [7, 11) is 0. The molecule has 0 bridgehead atoms. The van der Waals surface area contributed by atoms with Gasteiger partial charge in [-0.15, -0.1) is 0 Å². The van der Waals surface area contributed by atoms with E-state index in [1.807, 2.05) is 60.7 Å². The normalized spacial score (nSPS) is 11.6. The summed E-state index contributed by atoms with van der Waals surface area (Å²) in [4.78, 5) is 15.0. The molecule has 56 heavy (non-hydrogen) atoms. The van der Waals surface area contributed by atoms with Gasteiger partial charge in [-0.1, -0.05) is 140 Å². The molecule has 0 radical (unpaired) electrons. The van der Waals surface area contributed by atoms with Crippen molar-refractivity contribution in [1.82, 2.24) is 15.0 Å². The maximum absolute atomic E-state index is 6.58. The standard InChI is InChI=1S/C51H31N3O2/c1-3-12-32(13-4-1)34-16-10-19-38(29-34)50-52-49(33-14-5-2-6-15-33)53-51(54-50)39-24-26-42-47(31-39)56-46-23-11-21-40(48(42)46)37-18-9-17-35(28-37)36-25-27-45-43(30-36)41-20-7-8-22-44(41)55-45/h1-31H. The molecule has 5 nitrogen and oxygen atoms in total. The van der Waals surface area contributed by atoms with Gasteiger partial charge in [-0.2, -0.15) is 0 Å². The molecule has 3 heterocycles. The molecular formula is C51H31N3O2. The van der Waals surface area contributed by atoms with Gasteiger partial charge >= 0.3 is 0 Å². The second-order valence-electron chi connectivity index (χ2n) is 14.0. The fraction of sp³-hybridized carbons (Fsp3) is 0. The van der Waals surface area contributed by atoms with Gasteiger partial charge < -0.3 is 8.83 Å². The van der Waals surface area contributed by atoms with E-state index in [4.69, 9.17) is 23.8 Å². The first-order valence-corrected chi connectivity index (χ1v) is 18.7. The third-order valence-corrected chi connectivity index (χ3v) is 10.5. The van der Waals surface area contributed by atoms with E-state index in [2.05, 4.69) is 127 Å². The molecule has 0 saturated carbocycles. The molecule has 0 unspecified atom stereocenters. The van der Waals surface area contributed by atoms with Gasteiger partial charge in [-0.05, 0) is 81.9 Å². The second kappa shape index (κ2) is 13.0. The smallest absolute Gasteiger partial charge is 0.164 e. The van der Waals surface area contributed by atoms with E-state index in [-0.39, 0.29) is 0 Å². The molecule has 3 aromatic heterocycles. The molecule has 0 aliphatic heterocycles. The molecule has 11 aromatic rings. The number of rotatable bonds is 6. The van der Waals surface area contributed by atoms with Crippen molar-refractivity contribution in [3.05, 3.63) is 188 Å². The van der Waals surface area contributed by atoms with E-state index in [9.17, 15) is 0 Å². The van der Waals surface area contributed by atoms with Gasteiger partial charge in [0.1, 0.15) is 22.3 Å². The van der Waals surface area contributed by atoms with Crippen LogP contribution in [-0.4, -0.2) is 15.0 Å². The van der Waals surface area contributed by atoms with Crippen molar-refractivity contribution in [1.29, 1.82) is 0 Å². The Labute approximate surface area is 322 Å². The minimum atomic E-state index is 0.580. The number of furan rings is 2. The molecule has 0 aliphatic carbocycles. The maximum Gasteiger partial charge on any atom is 0.164 e. The lowest BCUT2D eigenvalue weighted by Crippen LogP contribution is -2.00. The number of hydrogen-bond acceptors (Lipinski definition) is 5. The van der Waals surface area contributed by atoms with Crippen molar-refractivity contribution in [3.63, 3.8) is 0 Å². The average molecular weight is 718 g/mol. The first kappa shape index (κ1) is 31.9. The predicted octanol–water partition coefficient (Wildman–Crippen LogP) is 13.7. The number of benzene rings is 8. The minimum absolute atomic E-state index is 0.580. The quantitative estimate of drug-likeness (QED) is 0.171. The predicted molar refractivity (Wildman–Crippen MR) is 227 cm³/mol. The van der Waals surface area contributed by atoms with Crippen molar-refractivity contribution in [3.8, 4) is 67.5 Å². The van der Waals surface area contributed by atoms with Gasteiger partial charge in [0.2, 0.25) is 0 Å². The summed E-state index contributed by atoms with van der Waals surface area (Å²) in [5.41, 5.74) is 12.8. The van der Waals surface area contributed by atoms with Gasteiger partial charge in [0.25, 0.3) is 0 Å². The van der Waals surface area contributed by atoms with Gasteiger partial charge in [0, 0.05) is 38.2 Å². The summed E-state index contributed by atoms with van der Waals surface area (Å²) < 4.78 is 12.7. The van der Waals surface area contributed by atoms with Gasteiger partial charge in [0.05, 0.1) is 0 Å². The number of hydrogen-bond donors (Lipinski definition) is 0. The highest BCUT2D eigenvalue weighted by atomic mass is 16.3. The molecule has 0 N–H and O–H groups in total. The Morgan fingerprint density at radius 1 is 0.268 bits per heavy atom. The van der Waals surface area contributed by atoms with E-state index in [1.54, 1.807) is 0 Å². The van der Waals surface area contributed by atoms with Crippen LogP contribution in [-0.2, 0) is 0 Å². The lowest BCUT2D eigenvalue weighted by Gasteiger charge is -2.10. The van der Waals surface area contributed by atoms with Crippen LogP contribution in [0.25, 0.3) is 111 Å².